The molecule has 1 unspecified atom stereocenters. The van der Waals surface area contributed by atoms with Crippen molar-refractivity contribution in [3.05, 3.63) is 112 Å². The van der Waals surface area contributed by atoms with Gasteiger partial charge in [0.25, 0.3) is 11.5 Å². The third-order valence-electron chi connectivity index (χ3n) is 5.15. The van der Waals surface area contributed by atoms with Crippen molar-refractivity contribution in [2.45, 2.75) is 12.5 Å². The summed E-state index contributed by atoms with van der Waals surface area (Å²) in [4.78, 5) is 36.5. The molecule has 0 aliphatic carbocycles. The fourth-order valence-corrected chi connectivity index (χ4v) is 3.50. The zero-order valence-corrected chi connectivity index (χ0v) is 17.4. The van der Waals surface area contributed by atoms with E-state index in [9.17, 15) is 23.9 Å². The van der Waals surface area contributed by atoms with E-state index >= 15 is 0 Å². The third-order valence-corrected chi connectivity index (χ3v) is 5.15. The summed E-state index contributed by atoms with van der Waals surface area (Å²) in [6, 6.07) is 22.5. The molecule has 1 amide bonds. The summed E-state index contributed by atoms with van der Waals surface area (Å²) in [5.41, 5.74) is 2.40. The van der Waals surface area contributed by atoms with Crippen LogP contribution in [0.4, 0.5) is 4.39 Å². The van der Waals surface area contributed by atoms with E-state index < -0.39 is 29.3 Å². The molecule has 0 aliphatic heterocycles. The molecule has 1 atom stereocenters. The second-order valence-corrected chi connectivity index (χ2v) is 7.43. The molecule has 0 radical (unpaired) electrons. The maximum atomic E-state index is 13.2. The number of hydrogen-bond donors (Lipinski definition) is 3. The van der Waals surface area contributed by atoms with Crippen molar-refractivity contribution in [3.63, 3.8) is 0 Å². The van der Waals surface area contributed by atoms with Crippen LogP contribution in [-0.4, -0.2) is 26.8 Å². The largest absolute Gasteiger partial charge is 0.481 e. The summed E-state index contributed by atoms with van der Waals surface area (Å²) < 4.78 is 14.3. The minimum absolute atomic E-state index is 0.0411. The first-order chi connectivity index (χ1) is 15.9. The van der Waals surface area contributed by atoms with Crippen molar-refractivity contribution < 1.29 is 19.1 Å². The molecule has 0 bridgehead atoms. The Hall–Kier alpha value is -4.46. The number of amides is 1. The summed E-state index contributed by atoms with van der Waals surface area (Å²) in [6.45, 7) is 0. The van der Waals surface area contributed by atoms with Crippen molar-refractivity contribution in [1.82, 2.24) is 15.1 Å². The standard InChI is InChI=1S/C25H20FN3O4/c26-19-10-12-20(13-11-19)29-23(30)14-22(28-29)25(33)27-21(15-24(31)32)18-8-6-17(7-9-18)16-4-2-1-3-5-16/h1-14,21,28H,15H2,(H,27,33)(H,31,32). The molecular formula is C25H20FN3O4. The number of nitrogens with one attached hydrogen (secondary N) is 2. The molecule has 0 spiro atoms. The predicted octanol–water partition coefficient (Wildman–Crippen LogP) is 3.92. The van der Waals surface area contributed by atoms with Gasteiger partial charge in [0.2, 0.25) is 0 Å². The molecule has 1 heterocycles. The highest BCUT2D eigenvalue weighted by molar-refractivity contribution is 5.92. The van der Waals surface area contributed by atoms with Gasteiger partial charge in [-0.2, -0.15) is 0 Å². The topological polar surface area (TPSA) is 104 Å². The Kier molecular flexibility index (Phi) is 6.17. The average Bonchev–Trinajstić information content (AvgIpc) is 3.21. The number of carbonyl (C=O) groups excluding carboxylic acids is 1. The van der Waals surface area contributed by atoms with E-state index in [2.05, 4.69) is 10.4 Å². The Morgan fingerprint density at radius 1 is 0.939 bits per heavy atom. The highest BCUT2D eigenvalue weighted by Gasteiger charge is 2.21. The van der Waals surface area contributed by atoms with Crippen molar-refractivity contribution in [3.8, 4) is 16.8 Å². The van der Waals surface area contributed by atoms with Gasteiger partial charge in [-0.25, -0.2) is 9.07 Å². The smallest absolute Gasteiger partial charge is 0.305 e. The Labute approximate surface area is 188 Å². The molecule has 3 N–H and O–H groups in total. The molecule has 33 heavy (non-hydrogen) atoms. The van der Waals surface area contributed by atoms with E-state index in [1.165, 1.54) is 24.3 Å². The second-order valence-electron chi connectivity index (χ2n) is 7.43. The Morgan fingerprint density at radius 3 is 2.21 bits per heavy atom. The molecule has 166 valence electrons. The van der Waals surface area contributed by atoms with E-state index in [1.54, 1.807) is 12.1 Å². The monoisotopic (exact) mass is 445 g/mol. The SMILES string of the molecule is O=C(O)CC(NC(=O)c1cc(=O)n(-c2ccc(F)cc2)[nH]1)c1ccc(-c2ccccc2)cc1. The maximum Gasteiger partial charge on any atom is 0.305 e. The Morgan fingerprint density at radius 2 is 1.58 bits per heavy atom. The Balaban J connectivity index is 1.56. The number of benzene rings is 3. The average molecular weight is 445 g/mol. The first-order valence-corrected chi connectivity index (χ1v) is 10.2. The molecule has 0 fully saturated rings. The zero-order valence-electron chi connectivity index (χ0n) is 17.4. The molecule has 1 aromatic heterocycles. The number of hydrogen-bond acceptors (Lipinski definition) is 3. The number of carboxylic acids is 1. The molecule has 0 aliphatic rings. The van der Waals surface area contributed by atoms with Crippen molar-refractivity contribution in [2.24, 2.45) is 0 Å². The second kappa shape index (κ2) is 9.35. The van der Waals surface area contributed by atoms with Crippen LogP contribution in [0.5, 0.6) is 0 Å². The highest BCUT2D eigenvalue weighted by Crippen LogP contribution is 2.23. The van der Waals surface area contributed by atoms with Gasteiger partial charge >= 0.3 is 5.97 Å². The van der Waals surface area contributed by atoms with Gasteiger partial charge in [0.05, 0.1) is 18.2 Å². The summed E-state index contributed by atoms with van der Waals surface area (Å²) in [7, 11) is 0. The van der Waals surface area contributed by atoms with Gasteiger partial charge in [0, 0.05) is 6.07 Å². The normalized spacial score (nSPS) is 11.7. The molecule has 4 rings (SSSR count). The summed E-state index contributed by atoms with van der Waals surface area (Å²) in [5, 5.41) is 14.7. The number of rotatable bonds is 7. The van der Waals surface area contributed by atoms with Gasteiger partial charge in [0.1, 0.15) is 11.5 Å². The van der Waals surface area contributed by atoms with Crippen LogP contribution in [0.1, 0.15) is 28.5 Å². The summed E-state index contributed by atoms with van der Waals surface area (Å²) >= 11 is 0. The van der Waals surface area contributed by atoms with E-state index in [-0.39, 0.29) is 12.1 Å². The lowest BCUT2D eigenvalue weighted by Crippen LogP contribution is -2.30. The van der Waals surface area contributed by atoms with E-state index in [0.29, 0.717) is 11.3 Å². The lowest BCUT2D eigenvalue weighted by molar-refractivity contribution is -0.137. The van der Waals surface area contributed by atoms with E-state index in [0.717, 1.165) is 21.9 Å². The lowest BCUT2D eigenvalue weighted by atomic mass is 9.99. The number of halogens is 1. The fourth-order valence-electron chi connectivity index (χ4n) is 3.50. The van der Waals surface area contributed by atoms with Gasteiger partial charge in [0.15, 0.2) is 0 Å². The van der Waals surface area contributed by atoms with E-state index in [4.69, 9.17) is 0 Å². The fraction of sp³-hybridized carbons (Fsp3) is 0.0800. The van der Waals surface area contributed by atoms with Gasteiger partial charge < -0.3 is 10.4 Å². The number of aromatic amines is 1. The molecule has 4 aromatic rings. The number of aromatic nitrogens is 2. The maximum absolute atomic E-state index is 13.2. The van der Waals surface area contributed by atoms with Crippen LogP contribution in [-0.2, 0) is 4.79 Å². The van der Waals surface area contributed by atoms with Crippen LogP contribution in [0.2, 0.25) is 0 Å². The van der Waals surface area contributed by atoms with Crippen molar-refractivity contribution in [2.75, 3.05) is 0 Å². The molecule has 7 nitrogen and oxygen atoms in total. The first-order valence-electron chi connectivity index (χ1n) is 10.2. The highest BCUT2D eigenvalue weighted by atomic mass is 19.1. The quantitative estimate of drug-likeness (QED) is 0.401. The number of H-pyrrole nitrogens is 1. The van der Waals surface area contributed by atoms with Crippen LogP contribution >= 0.6 is 0 Å². The zero-order chi connectivity index (χ0) is 23.4. The molecule has 0 saturated heterocycles. The molecule has 3 aromatic carbocycles. The van der Waals surface area contributed by atoms with Crippen LogP contribution < -0.4 is 10.9 Å². The van der Waals surface area contributed by atoms with Gasteiger partial charge in [-0.15, -0.1) is 0 Å². The van der Waals surface area contributed by atoms with Gasteiger partial charge in [-0.1, -0.05) is 54.6 Å². The minimum Gasteiger partial charge on any atom is -0.481 e. The minimum atomic E-state index is -1.08. The van der Waals surface area contributed by atoms with E-state index in [1.807, 2.05) is 42.5 Å². The first kappa shape index (κ1) is 21.8. The van der Waals surface area contributed by atoms with Crippen LogP contribution in [0, 0.1) is 5.82 Å². The lowest BCUT2D eigenvalue weighted by Gasteiger charge is -2.17. The van der Waals surface area contributed by atoms with Crippen molar-refractivity contribution >= 4 is 11.9 Å². The molecular weight excluding hydrogens is 425 g/mol. The van der Waals surface area contributed by atoms with Gasteiger partial charge in [-0.05, 0) is 41.0 Å². The van der Waals surface area contributed by atoms with Crippen molar-refractivity contribution in [1.29, 1.82) is 0 Å². The van der Waals surface area contributed by atoms with Gasteiger partial charge in [-0.3, -0.25) is 19.5 Å². The molecule has 0 saturated carbocycles. The number of nitrogens with zero attached hydrogens (tertiary/aromatic N) is 1. The summed E-state index contributed by atoms with van der Waals surface area (Å²) in [6.07, 6.45) is -0.334. The van der Waals surface area contributed by atoms with Crippen LogP contribution in [0.25, 0.3) is 16.8 Å². The third kappa shape index (κ3) is 5.07. The number of carboxylic acid groups (broad SMARTS) is 1. The Bertz CT molecular complexity index is 1330. The predicted molar refractivity (Wildman–Crippen MR) is 121 cm³/mol. The number of aliphatic carboxylic acids is 1. The van der Waals surface area contributed by atoms with Crippen LogP contribution in [0.3, 0.4) is 0 Å². The van der Waals surface area contributed by atoms with Crippen LogP contribution in [0.15, 0.2) is 89.7 Å². The molecule has 8 heteroatoms. The number of carbonyl (C=O) groups is 2. The summed E-state index contributed by atoms with van der Waals surface area (Å²) in [5.74, 6) is -2.16.